The number of nitrogens with zero attached hydrogens (tertiary/aromatic N) is 1. The van der Waals surface area contributed by atoms with Crippen molar-refractivity contribution in [3.05, 3.63) is 75.8 Å². The number of nitro benzene ring substituents is 1. The molecular weight excluding hydrogens is 286 g/mol. The zero-order valence-corrected chi connectivity index (χ0v) is 11.3. The maximum Gasteiger partial charge on any atom is 0.336 e. The van der Waals surface area contributed by atoms with Crippen molar-refractivity contribution >= 4 is 24.0 Å². The molecule has 0 heterocycles. The van der Waals surface area contributed by atoms with Gasteiger partial charge < -0.3 is 4.74 Å². The summed E-state index contributed by atoms with van der Waals surface area (Å²) in [6.45, 7) is 0. The molecule has 0 bridgehead atoms. The minimum absolute atomic E-state index is 0.0185. The van der Waals surface area contributed by atoms with Gasteiger partial charge in [0.2, 0.25) is 0 Å². The molecule has 0 radical (unpaired) electrons. The van der Waals surface area contributed by atoms with Crippen LogP contribution in [0.4, 0.5) is 5.69 Å². The van der Waals surface area contributed by atoms with Gasteiger partial charge in [-0.3, -0.25) is 14.9 Å². The number of aldehydes is 1. The van der Waals surface area contributed by atoms with E-state index in [1.165, 1.54) is 60.7 Å². The third-order valence-corrected chi connectivity index (χ3v) is 2.75. The number of hydrogen-bond acceptors (Lipinski definition) is 5. The Hall–Kier alpha value is -3.28. The summed E-state index contributed by atoms with van der Waals surface area (Å²) in [4.78, 5) is 32.2. The van der Waals surface area contributed by atoms with Gasteiger partial charge in [-0.1, -0.05) is 0 Å². The van der Waals surface area contributed by atoms with Gasteiger partial charge in [-0.2, -0.15) is 0 Å². The Morgan fingerprint density at radius 2 is 1.59 bits per heavy atom. The highest BCUT2D eigenvalue weighted by Gasteiger charge is 2.03. The molecule has 0 aliphatic rings. The summed E-state index contributed by atoms with van der Waals surface area (Å²) < 4.78 is 5.05. The SMILES string of the molecule is O=Cc1ccc(OC(=O)C=Cc2ccc([N+](=O)[O-])cc2)cc1. The van der Waals surface area contributed by atoms with Gasteiger partial charge in [0, 0.05) is 23.8 Å². The Labute approximate surface area is 125 Å². The molecule has 6 heteroatoms. The number of carbonyl (C=O) groups is 2. The molecule has 2 aromatic carbocycles. The van der Waals surface area contributed by atoms with Gasteiger partial charge in [-0.25, -0.2) is 4.79 Å². The summed E-state index contributed by atoms with van der Waals surface area (Å²) in [6.07, 6.45) is 3.40. The van der Waals surface area contributed by atoms with Crippen LogP contribution in [0.3, 0.4) is 0 Å². The third-order valence-electron chi connectivity index (χ3n) is 2.75. The Morgan fingerprint density at radius 1 is 1.00 bits per heavy atom. The van der Waals surface area contributed by atoms with Crippen molar-refractivity contribution in [3.63, 3.8) is 0 Å². The van der Waals surface area contributed by atoms with Crippen LogP contribution in [0.5, 0.6) is 5.75 Å². The summed E-state index contributed by atoms with van der Waals surface area (Å²) in [5.41, 5.74) is 1.11. The number of carbonyl (C=O) groups excluding carboxylic acids is 2. The first-order valence-corrected chi connectivity index (χ1v) is 6.28. The van der Waals surface area contributed by atoms with E-state index in [0.717, 1.165) is 0 Å². The molecule has 0 saturated carbocycles. The number of non-ortho nitro benzene ring substituents is 1. The molecule has 0 fully saturated rings. The van der Waals surface area contributed by atoms with E-state index in [-0.39, 0.29) is 5.69 Å². The van der Waals surface area contributed by atoms with E-state index in [9.17, 15) is 19.7 Å². The first-order chi connectivity index (χ1) is 10.6. The highest BCUT2D eigenvalue weighted by atomic mass is 16.6. The summed E-state index contributed by atoms with van der Waals surface area (Å²) >= 11 is 0. The quantitative estimate of drug-likeness (QED) is 0.211. The molecule has 2 aromatic rings. The van der Waals surface area contributed by atoms with E-state index in [4.69, 9.17) is 4.74 Å². The number of ether oxygens (including phenoxy) is 1. The molecule has 0 aliphatic heterocycles. The van der Waals surface area contributed by atoms with E-state index in [1.807, 2.05) is 0 Å². The average Bonchev–Trinajstić information content (AvgIpc) is 2.54. The highest BCUT2D eigenvalue weighted by molar-refractivity contribution is 5.88. The van der Waals surface area contributed by atoms with Crippen LogP contribution in [0.15, 0.2) is 54.6 Å². The largest absolute Gasteiger partial charge is 0.423 e. The van der Waals surface area contributed by atoms with E-state index in [1.54, 1.807) is 0 Å². The number of benzene rings is 2. The van der Waals surface area contributed by atoms with Crippen molar-refractivity contribution in [2.75, 3.05) is 0 Å². The number of hydrogen-bond donors (Lipinski definition) is 0. The summed E-state index contributed by atoms with van der Waals surface area (Å²) in [7, 11) is 0. The topological polar surface area (TPSA) is 86.5 Å². The zero-order chi connectivity index (χ0) is 15.9. The van der Waals surface area contributed by atoms with Crippen LogP contribution < -0.4 is 4.74 Å². The third kappa shape index (κ3) is 4.11. The Morgan fingerprint density at radius 3 is 2.14 bits per heavy atom. The highest BCUT2D eigenvalue weighted by Crippen LogP contribution is 2.14. The molecular formula is C16H11NO5. The van der Waals surface area contributed by atoms with Crippen LogP contribution in [0.25, 0.3) is 6.08 Å². The summed E-state index contributed by atoms with van der Waals surface area (Å²) in [6, 6.07) is 11.9. The number of rotatable bonds is 5. The minimum Gasteiger partial charge on any atom is -0.423 e. The van der Waals surface area contributed by atoms with Crippen molar-refractivity contribution < 1.29 is 19.2 Å². The lowest BCUT2D eigenvalue weighted by Crippen LogP contribution is -2.03. The minimum atomic E-state index is -0.586. The maximum absolute atomic E-state index is 11.6. The molecule has 0 saturated heterocycles. The summed E-state index contributed by atoms with van der Waals surface area (Å²) in [5.74, 6) is -0.263. The fourth-order valence-corrected chi connectivity index (χ4v) is 1.64. The second-order valence-corrected chi connectivity index (χ2v) is 4.29. The van der Waals surface area contributed by atoms with Crippen LogP contribution >= 0.6 is 0 Å². The molecule has 0 aromatic heterocycles. The van der Waals surface area contributed by atoms with Gasteiger partial charge >= 0.3 is 5.97 Å². The molecule has 0 amide bonds. The zero-order valence-electron chi connectivity index (χ0n) is 11.3. The van der Waals surface area contributed by atoms with Crippen LogP contribution in [0.1, 0.15) is 15.9 Å². The van der Waals surface area contributed by atoms with E-state index in [0.29, 0.717) is 23.2 Å². The molecule has 2 rings (SSSR count). The normalized spacial score (nSPS) is 10.4. The number of nitro groups is 1. The maximum atomic E-state index is 11.6. The predicted octanol–water partition coefficient (Wildman–Crippen LogP) is 3.03. The van der Waals surface area contributed by atoms with Gasteiger partial charge in [0.15, 0.2) is 0 Å². The lowest BCUT2D eigenvalue weighted by atomic mass is 10.2. The molecule has 0 atom stereocenters. The molecule has 22 heavy (non-hydrogen) atoms. The summed E-state index contributed by atoms with van der Waals surface area (Å²) in [5, 5.41) is 10.5. The monoisotopic (exact) mass is 297 g/mol. The molecule has 0 unspecified atom stereocenters. The van der Waals surface area contributed by atoms with E-state index >= 15 is 0 Å². The smallest absolute Gasteiger partial charge is 0.336 e. The van der Waals surface area contributed by atoms with Gasteiger partial charge in [0.1, 0.15) is 12.0 Å². The van der Waals surface area contributed by atoms with Crippen molar-refractivity contribution in [1.29, 1.82) is 0 Å². The lowest BCUT2D eigenvalue weighted by molar-refractivity contribution is -0.384. The molecule has 0 spiro atoms. The molecule has 0 N–H and O–H groups in total. The van der Waals surface area contributed by atoms with E-state index in [2.05, 4.69) is 0 Å². The second kappa shape index (κ2) is 6.94. The Balaban J connectivity index is 1.98. The predicted molar refractivity (Wildman–Crippen MR) is 79.6 cm³/mol. The van der Waals surface area contributed by atoms with Crippen molar-refractivity contribution in [2.24, 2.45) is 0 Å². The van der Waals surface area contributed by atoms with Crippen LogP contribution in [0, 0.1) is 10.1 Å². The fraction of sp³-hybridized carbons (Fsp3) is 0. The fourth-order valence-electron chi connectivity index (χ4n) is 1.64. The van der Waals surface area contributed by atoms with Gasteiger partial charge in [-0.05, 0) is 48.0 Å². The molecule has 6 nitrogen and oxygen atoms in total. The number of esters is 1. The molecule has 110 valence electrons. The Kier molecular flexibility index (Phi) is 4.77. The van der Waals surface area contributed by atoms with E-state index < -0.39 is 10.9 Å². The van der Waals surface area contributed by atoms with Gasteiger partial charge in [-0.15, -0.1) is 0 Å². The van der Waals surface area contributed by atoms with Crippen LogP contribution in [-0.4, -0.2) is 17.2 Å². The first-order valence-electron chi connectivity index (χ1n) is 6.28. The van der Waals surface area contributed by atoms with Gasteiger partial charge in [0.05, 0.1) is 4.92 Å². The van der Waals surface area contributed by atoms with Gasteiger partial charge in [0.25, 0.3) is 5.69 Å². The Bertz CT molecular complexity index is 717. The average molecular weight is 297 g/mol. The van der Waals surface area contributed by atoms with Crippen LogP contribution in [0.2, 0.25) is 0 Å². The van der Waals surface area contributed by atoms with Crippen molar-refractivity contribution in [1.82, 2.24) is 0 Å². The lowest BCUT2D eigenvalue weighted by Gasteiger charge is -2.00. The second-order valence-electron chi connectivity index (χ2n) is 4.29. The standard InChI is InChI=1S/C16H11NO5/c18-11-13-3-8-15(9-4-13)22-16(19)10-5-12-1-6-14(7-2-12)17(20)21/h1-11H. The molecule has 0 aliphatic carbocycles. The van der Waals surface area contributed by atoms with Crippen molar-refractivity contribution in [3.8, 4) is 5.75 Å². The van der Waals surface area contributed by atoms with Crippen LogP contribution in [-0.2, 0) is 4.79 Å². The van der Waals surface area contributed by atoms with Crippen molar-refractivity contribution in [2.45, 2.75) is 0 Å². The first kappa shape index (κ1) is 15.1.